The van der Waals surface area contributed by atoms with Gasteiger partial charge in [-0.1, -0.05) is 44.2 Å². The average Bonchev–Trinajstić information content (AvgIpc) is 3.68. The van der Waals surface area contributed by atoms with Crippen LogP contribution < -0.4 is 49.5 Å². The lowest BCUT2D eigenvalue weighted by atomic mass is 10.0. The van der Waals surface area contributed by atoms with Crippen LogP contribution in [-0.4, -0.2) is 132 Å². The van der Waals surface area contributed by atoms with Gasteiger partial charge in [0.15, 0.2) is 5.96 Å². The first-order valence-electron chi connectivity index (χ1n) is 19.9. The topological polar surface area (TPSA) is 299 Å². The molecule has 0 aliphatic carbocycles. The minimum Gasteiger partial charge on any atom is -0.370 e. The highest BCUT2D eigenvalue weighted by atomic mass is 32.2. The summed E-state index contributed by atoms with van der Waals surface area (Å²) < 4.78 is 0. The fraction of sp³-hybridized carbons (Fsp3) is 0.641. The van der Waals surface area contributed by atoms with Gasteiger partial charge >= 0.3 is 0 Å². The SMILES string of the molecule is CSCC[C@H](NC(=O)[C@@H]1CCCN1C(=O)[C@H](CCSC)NC(=O)[C@H](C)N)C(=O)N[C@@H](CC(C)C)C(=O)N[C@@H](CCCN=C(N)N)C(=O)N[C@@H](Cc1ccccc1)C(N)=O. The minimum absolute atomic E-state index is 0.0793. The van der Waals surface area contributed by atoms with Gasteiger partial charge in [0, 0.05) is 19.5 Å². The molecule has 1 aromatic rings. The number of nitrogens with one attached hydrogen (secondary N) is 5. The molecule has 0 unspecified atom stereocenters. The summed E-state index contributed by atoms with van der Waals surface area (Å²) in [6.45, 7) is 5.72. The van der Waals surface area contributed by atoms with Gasteiger partial charge in [0.1, 0.15) is 36.3 Å². The minimum atomic E-state index is -1.16. The van der Waals surface area contributed by atoms with Gasteiger partial charge in [-0.25, -0.2) is 0 Å². The van der Waals surface area contributed by atoms with Gasteiger partial charge in [-0.15, -0.1) is 0 Å². The maximum absolute atomic E-state index is 14.0. The molecular formula is C39H65N11O7S2. The van der Waals surface area contributed by atoms with Crippen LogP contribution in [0.2, 0.25) is 0 Å². The molecule has 0 saturated carbocycles. The largest absolute Gasteiger partial charge is 0.370 e. The summed E-state index contributed by atoms with van der Waals surface area (Å²) in [6, 6.07) is 2.01. The zero-order valence-corrected chi connectivity index (χ0v) is 36.5. The molecule has 0 aromatic heterocycles. The Hall–Kier alpha value is -4.56. The number of hydrogen-bond acceptors (Lipinski definition) is 11. The number of hydrogen-bond donors (Lipinski definition) is 9. The van der Waals surface area contributed by atoms with E-state index in [0.717, 1.165) is 5.56 Å². The van der Waals surface area contributed by atoms with Crippen LogP contribution in [0.5, 0.6) is 0 Å². The number of carbonyl (C=O) groups is 7. The summed E-state index contributed by atoms with van der Waals surface area (Å²) in [7, 11) is 0. The van der Waals surface area contributed by atoms with Crippen molar-refractivity contribution >= 4 is 70.8 Å². The van der Waals surface area contributed by atoms with Gasteiger partial charge in [0.05, 0.1) is 6.04 Å². The van der Waals surface area contributed by atoms with E-state index in [-0.39, 0.29) is 50.5 Å². The van der Waals surface area contributed by atoms with Crippen LogP contribution >= 0.6 is 23.5 Å². The monoisotopic (exact) mass is 863 g/mol. The van der Waals surface area contributed by atoms with Crippen LogP contribution in [0.25, 0.3) is 0 Å². The number of benzene rings is 1. The van der Waals surface area contributed by atoms with Gasteiger partial charge in [-0.05, 0) is 87.4 Å². The molecule has 59 heavy (non-hydrogen) atoms. The van der Waals surface area contributed by atoms with E-state index >= 15 is 0 Å². The number of aliphatic imine (C=N–C) groups is 1. The third kappa shape index (κ3) is 18.1. The van der Waals surface area contributed by atoms with E-state index in [9.17, 15) is 33.6 Å². The molecule has 20 heteroatoms. The summed E-state index contributed by atoms with van der Waals surface area (Å²) >= 11 is 2.99. The van der Waals surface area contributed by atoms with Gasteiger partial charge in [-0.3, -0.25) is 38.6 Å². The molecule has 1 aromatic carbocycles. The Morgan fingerprint density at radius 1 is 0.746 bits per heavy atom. The zero-order chi connectivity index (χ0) is 44.1. The Labute approximate surface area is 356 Å². The molecule has 1 heterocycles. The maximum atomic E-state index is 14.0. The summed E-state index contributed by atoms with van der Waals surface area (Å²) in [6.07, 6.45) is 5.91. The number of nitrogens with two attached hydrogens (primary N) is 4. The molecule has 1 saturated heterocycles. The van der Waals surface area contributed by atoms with E-state index in [4.69, 9.17) is 22.9 Å². The highest BCUT2D eigenvalue weighted by Crippen LogP contribution is 2.21. The Balaban J connectivity index is 2.29. The molecule has 13 N–H and O–H groups in total. The number of amides is 7. The van der Waals surface area contributed by atoms with Crippen molar-refractivity contribution in [2.75, 3.05) is 37.1 Å². The van der Waals surface area contributed by atoms with Crippen molar-refractivity contribution in [1.82, 2.24) is 31.5 Å². The van der Waals surface area contributed by atoms with E-state index < -0.39 is 83.6 Å². The molecule has 18 nitrogen and oxygen atoms in total. The Morgan fingerprint density at radius 3 is 1.85 bits per heavy atom. The molecule has 1 aliphatic heterocycles. The van der Waals surface area contributed by atoms with Gasteiger partial charge in [0.2, 0.25) is 41.4 Å². The van der Waals surface area contributed by atoms with Crippen molar-refractivity contribution in [3.63, 3.8) is 0 Å². The van der Waals surface area contributed by atoms with E-state index in [1.165, 1.54) is 35.3 Å². The van der Waals surface area contributed by atoms with Crippen LogP contribution in [0.1, 0.15) is 71.3 Å². The van der Waals surface area contributed by atoms with Gasteiger partial charge in [0.25, 0.3) is 0 Å². The van der Waals surface area contributed by atoms with Crippen molar-refractivity contribution in [2.45, 2.75) is 114 Å². The molecule has 0 bridgehead atoms. The quantitative estimate of drug-likeness (QED) is 0.0311. The Bertz CT molecular complexity index is 1580. The zero-order valence-electron chi connectivity index (χ0n) is 34.9. The summed E-state index contributed by atoms with van der Waals surface area (Å²) in [5.41, 5.74) is 23.1. The van der Waals surface area contributed by atoms with Crippen molar-refractivity contribution in [2.24, 2.45) is 33.8 Å². The Morgan fingerprint density at radius 2 is 1.29 bits per heavy atom. The standard InChI is InChI=1S/C39H65N11O7S2/c1-23(2)21-30(36(55)45-26(13-9-17-44-39(42)43)34(53)48-29(32(41)51)22-25-11-7-6-8-12-25)49-35(54)27(15-19-58-4)46-37(56)31-14-10-18-50(31)38(57)28(16-20-59-5)47-33(52)24(3)40/h6-8,11-12,23-24,26-31H,9-10,13-22,40H2,1-5H3,(H2,41,51)(H,45,55)(H,46,56)(H,47,52)(H,48,53)(H,49,54)(H4,42,43,44)/t24-,26-,27-,28-,29-,30-,31-/m0/s1. The fourth-order valence-corrected chi connectivity index (χ4v) is 7.38. The number of nitrogens with zero attached hydrogens (tertiary/aromatic N) is 2. The number of primary amides is 1. The van der Waals surface area contributed by atoms with Crippen LogP contribution in [0.4, 0.5) is 0 Å². The molecule has 0 spiro atoms. The first-order valence-corrected chi connectivity index (χ1v) is 22.7. The second-order valence-corrected chi connectivity index (χ2v) is 17.0. The average molecular weight is 864 g/mol. The molecule has 2 rings (SSSR count). The molecule has 0 radical (unpaired) electrons. The number of rotatable bonds is 26. The van der Waals surface area contributed by atoms with E-state index in [1.807, 2.05) is 32.4 Å². The lowest BCUT2D eigenvalue weighted by Crippen LogP contribution is -2.60. The molecule has 1 aliphatic rings. The first kappa shape index (κ1) is 50.6. The van der Waals surface area contributed by atoms with E-state index in [2.05, 4.69) is 31.6 Å². The third-order valence-electron chi connectivity index (χ3n) is 9.58. The second-order valence-electron chi connectivity index (χ2n) is 15.0. The van der Waals surface area contributed by atoms with Gasteiger partial charge < -0.3 is 54.4 Å². The van der Waals surface area contributed by atoms with Crippen LogP contribution in [0.3, 0.4) is 0 Å². The third-order valence-corrected chi connectivity index (χ3v) is 10.9. The van der Waals surface area contributed by atoms with Crippen LogP contribution in [-0.2, 0) is 40.0 Å². The van der Waals surface area contributed by atoms with Crippen molar-refractivity contribution < 1.29 is 33.6 Å². The maximum Gasteiger partial charge on any atom is 0.245 e. The molecule has 330 valence electrons. The number of carbonyl (C=O) groups excluding carboxylic acids is 7. The first-order chi connectivity index (χ1) is 28.0. The smallest absolute Gasteiger partial charge is 0.245 e. The van der Waals surface area contributed by atoms with Crippen molar-refractivity contribution in [1.29, 1.82) is 0 Å². The summed E-state index contributed by atoms with van der Waals surface area (Å²) in [4.78, 5) is 99.5. The fourth-order valence-electron chi connectivity index (χ4n) is 6.44. The molecule has 7 atom stereocenters. The van der Waals surface area contributed by atoms with Crippen LogP contribution in [0, 0.1) is 5.92 Å². The molecule has 7 amide bonds. The number of thioether (sulfide) groups is 2. The highest BCUT2D eigenvalue weighted by molar-refractivity contribution is 7.98. The van der Waals surface area contributed by atoms with Gasteiger partial charge in [-0.2, -0.15) is 23.5 Å². The molecular weight excluding hydrogens is 799 g/mol. The number of likely N-dealkylation sites (tertiary alicyclic amines) is 1. The van der Waals surface area contributed by atoms with E-state index in [0.29, 0.717) is 37.3 Å². The Kier molecular flexibility index (Phi) is 22.7. The predicted molar refractivity (Wildman–Crippen MR) is 233 cm³/mol. The number of guanidine groups is 1. The second kappa shape index (κ2) is 26.5. The van der Waals surface area contributed by atoms with E-state index in [1.54, 1.807) is 24.3 Å². The predicted octanol–water partition coefficient (Wildman–Crippen LogP) is -0.918. The van der Waals surface area contributed by atoms with Crippen molar-refractivity contribution in [3.8, 4) is 0 Å². The van der Waals surface area contributed by atoms with Crippen LogP contribution in [0.15, 0.2) is 35.3 Å². The molecule has 1 fully saturated rings. The lowest BCUT2D eigenvalue weighted by molar-refractivity contribution is -0.142. The normalized spacial score (nSPS) is 16.7. The summed E-state index contributed by atoms with van der Waals surface area (Å²) in [5.74, 6) is -3.22. The lowest BCUT2D eigenvalue weighted by Gasteiger charge is -2.30. The summed E-state index contributed by atoms with van der Waals surface area (Å²) in [5, 5.41) is 13.8. The van der Waals surface area contributed by atoms with Crippen molar-refractivity contribution in [3.05, 3.63) is 35.9 Å². The highest BCUT2D eigenvalue weighted by Gasteiger charge is 2.39.